The zero-order valence-electron chi connectivity index (χ0n) is 15.7. The Kier molecular flexibility index (Phi) is 6.88. The molecular formula is C17H18FN7O2S2. The van der Waals surface area contributed by atoms with Crippen LogP contribution in [-0.2, 0) is 29.5 Å². The van der Waals surface area contributed by atoms with E-state index in [4.69, 9.17) is 0 Å². The molecule has 2 N–H and O–H groups in total. The number of anilines is 2. The Labute approximate surface area is 174 Å². The highest BCUT2D eigenvalue weighted by Gasteiger charge is 2.16. The molecule has 152 valence electrons. The third-order valence-electron chi connectivity index (χ3n) is 3.74. The van der Waals surface area contributed by atoms with Crippen LogP contribution in [-0.4, -0.2) is 42.5 Å². The van der Waals surface area contributed by atoms with Crippen LogP contribution in [0.4, 0.5) is 15.2 Å². The van der Waals surface area contributed by atoms with Crippen molar-refractivity contribution in [1.29, 1.82) is 0 Å². The predicted molar refractivity (Wildman–Crippen MR) is 108 cm³/mol. The van der Waals surface area contributed by atoms with E-state index in [1.807, 2.05) is 6.92 Å². The minimum Gasteiger partial charge on any atom is -0.323 e. The minimum atomic E-state index is -0.512. The van der Waals surface area contributed by atoms with Crippen LogP contribution in [0.1, 0.15) is 17.8 Å². The highest BCUT2D eigenvalue weighted by molar-refractivity contribution is 7.99. The molecule has 2 amide bonds. The van der Waals surface area contributed by atoms with Gasteiger partial charge in [-0.3, -0.25) is 14.9 Å². The average Bonchev–Trinajstić information content (AvgIpc) is 3.29. The Morgan fingerprint density at radius 1 is 1.14 bits per heavy atom. The second-order valence-corrected chi connectivity index (χ2v) is 7.86. The van der Waals surface area contributed by atoms with Crippen molar-refractivity contribution < 1.29 is 14.0 Å². The molecule has 29 heavy (non-hydrogen) atoms. The SMILES string of the molecule is CCc1nnc(NC(=O)CSc2nnc(CC(=O)Nc3ccccc3F)n2C)s1. The van der Waals surface area contributed by atoms with Crippen LogP contribution < -0.4 is 10.6 Å². The molecule has 0 aliphatic heterocycles. The third kappa shape index (κ3) is 5.57. The van der Waals surface area contributed by atoms with Gasteiger partial charge < -0.3 is 9.88 Å². The Bertz CT molecular complexity index is 1020. The van der Waals surface area contributed by atoms with E-state index in [1.165, 1.54) is 35.2 Å². The molecule has 2 aromatic heterocycles. The Hall–Kier alpha value is -2.86. The Morgan fingerprint density at radius 3 is 2.66 bits per heavy atom. The molecule has 1 aromatic carbocycles. The zero-order valence-corrected chi connectivity index (χ0v) is 17.3. The molecule has 0 saturated heterocycles. The van der Waals surface area contributed by atoms with Gasteiger partial charge in [-0.05, 0) is 18.6 Å². The molecular weight excluding hydrogens is 417 g/mol. The van der Waals surface area contributed by atoms with Gasteiger partial charge in [0.15, 0.2) is 5.16 Å². The summed E-state index contributed by atoms with van der Waals surface area (Å²) in [5.41, 5.74) is 0.105. The molecule has 0 fully saturated rings. The van der Waals surface area contributed by atoms with E-state index in [1.54, 1.807) is 23.7 Å². The normalized spacial score (nSPS) is 10.7. The monoisotopic (exact) mass is 435 g/mol. The van der Waals surface area contributed by atoms with Crippen LogP contribution in [0.2, 0.25) is 0 Å². The van der Waals surface area contributed by atoms with Gasteiger partial charge in [-0.25, -0.2) is 4.39 Å². The van der Waals surface area contributed by atoms with Crippen LogP contribution in [0.3, 0.4) is 0 Å². The first-order valence-electron chi connectivity index (χ1n) is 8.64. The van der Waals surface area contributed by atoms with Crippen LogP contribution in [0, 0.1) is 5.82 Å². The van der Waals surface area contributed by atoms with E-state index in [0.29, 0.717) is 16.1 Å². The van der Waals surface area contributed by atoms with Gasteiger partial charge in [-0.1, -0.05) is 42.2 Å². The second kappa shape index (κ2) is 9.56. The van der Waals surface area contributed by atoms with Crippen molar-refractivity contribution >= 4 is 45.7 Å². The first-order valence-corrected chi connectivity index (χ1v) is 10.4. The molecule has 0 spiro atoms. The largest absolute Gasteiger partial charge is 0.323 e. The van der Waals surface area contributed by atoms with Crippen molar-refractivity contribution in [3.05, 3.63) is 40.9 Å². The number of amides is 2. The summed E-state index contributed by atoms with van der Waals surface area (Å²) < 4.78 is 15.3. The fourth-order valence-electron chi connectivity index (χ4n) is 2.26. The summed E-state index contributed by atoms with van der Waals surface area (Å²) in [5, 5.41) is 22.8. The molecule has 2 heterocycles. The first-order chi connectivity index (χ1) is 14.0. The topological polar surface area (TPSA) is 115 Å². The second-order valence-electron chi connectivity index (χ2n) is 5.85. The quantitative estimate of drug-likeness (QED) is 0.522. The number of halogens is 1. The van der Waals surface area contributed by atoms with Gasteiger partial charge in [0.05, 0.1) is 17.9 Å². The summed E-state index contributed by atoms with van der Waals surface area (Å²) in [6, 6.07) is 5.92. The number of nitrogens with one attached hydrogen (secondary N) is 2. The number of hydrogen-bond acceptors (Lipinski definition) is 8. The summed E-state index contributed by atoms with van der Waals surface area (Å²) in [6.07, 6.45) is 0.684. The average molecular weight is 436 g/mol. The fourth-order valence-corrected chi connectivity index (χ4v) is 3.68. The van der Waals surface area contributed by atoms with Gasteiger partial charge in [0.2, 0.25) is 16.9 Å². The number of hydrogen-bond donors (Lipinski definition) is 2. The van der Waals surface area contributed by atoms with Crippen molar-refractivity contribution in [3.8, 4) is 0 Å². The number of carbonyl (C=O) groups excluding carboxylic acids is 2. The van der Waals surface area contributed by atoms with Crippen molar-refractivity contribution in [1.82, 2.24) is 25.0 Å². The third-order valence-corrected chi connectivity index (χ3v) is 5.74. The van der Waals surface area contributed by atoms with Gasteiger partial charge in [-0.15, -0.1) is 20.4 Å². The number of rotatable bonds is 8. The number of para-hydroxylation sites is 1. The smallest absolute Gasteiger partial charge is 0.236 e. The van der Waals surface area contributed by atoms with Gasteiger partial charge >= 0.3 is 0 Å². The molecule has 0 atom stereocenters. The lowest BCUT2D eigenvalue weighted by Gasteiger charge is -2.06. The molecule has 0 aliphatic rings. The summed E-state index contributed by atoms with van der Waals surface area (Å²) in [6.45, 7) is 1.96. The van der Waals surface area contributed by atoms with Crippen LogP contribution in [0.25, 0.3) is 0 Å². The number of nitrogens with zero attached hydrogens (tertiary/aromatic N) is 5. The summed E-state index contributed by atoms with van der Waals surface area (Å²) in [7, 11) is 1.70. The molecule has 0 radical (unpaired) electrons. The van der Waals surface area contributed by atoms with E-state index in [9.17, 15) is 14.0 Å². The Balaban J connectivity index is 1.52. The molecule has 9 nitrogen and oxygen atoms in total. The van der Waals surface area contributed by atoms with Crippen molar-refractivity contribution in [2.75, 3.05) is 16.4 Å². The lowest BCUT2D eigenvalue weighted by atomic mass is 10.3. The summed E-state index contributed by atoms with van der Waals surface area (Å²) in [5.74, 6) is -0.659. The van der Waals surface area contributed by atoms with Gasteiger partial charge in [0.25, 0.3) is 0 Å². The van der Waals surface area contributed by atoms with Crippen molar-refractivity contribution in [3.63, 3.8) is 0 Å². The molecule has 0 aliphatic carbocycles. The standard InChI is InChI=1S/C17H18FN7O2S2/c1-3-15-22-23-16(29-15)20-14(27)9-28-17-24-21-12(25(17)2)8-13(26)19-11-7-5-4-6-10(11)18/h4-7H,3,8-9H2,1-2H3,(H,19,26)(H,20,23,27). The van der Waals surface area contributed by atoms with Crippen LogP contribution >= 0.6 is 23.1 Å². The number of carbonyl (C=O) groups is 2. The summed E-state index contributed by atoms with van der Waals surface area (Å²) >= 11 is 2.51. The fraction of sp³-hybridized carbons (Fsp3) is 0.294. The minimum absolute atomic E-state index is 0.0742. The van der Waals surface area contributed by atoms with E-state index >= 15 is 0 Å². The maximum atomic E-state index is 13.6. The van der Waals surface area contributed by atoms with Crippen LogP contribution in [0.15, 0.2) is 29.4 Å². The molecule has 3 rings (SSSR count). The molecule has 0 unspecified atom stereocenters. The van der Waals surface area contributed by atoms with E-state index in [2.05, 4.69) is 31.0 Å². The number of aryl methyl sites for hydroxylation is 1. The van der Waals surface area contributed by atoms with E-state index in [0.717, 1.165) is 11.4 Å². The van der Waals surface area contributed by atoms with E-state index in [-0.39, 0.29) is 23.8 Å². The lowest BCUT2D eigenvalue weighted by molar-refractivity contribution is -0.116. The molecule has 0 bridgehead atoms. The number of aromatic nitrogens is 5. The summed E-state index contributed by atoms with van der Waals surface area (Å²) in [4.78, 5) is 24.2. The van der Waals surface area contributed by atoms with Gasteiger partial charge in [0, 0.05) is 7.05 Å². The number of thioether (sulfide) groups is 1. The van der Waals surface area contributed by atoms with Crippen molar-refractivity contribution in [2.45, 2.75) is 24.9 Å². The highest BCUT2D eigenvalue weighted by Crippen LogP contribution is 2.19. The Morgan fingerprint density at radius 2 is 1.93 bits per heavy atom. The van der Waals surface area contributed by atoms with Gasteiger partial charge in [0.1, 0.15) is 16.6 Å². The molecule has 12 heteroatoms. The zero-order chi connectivity index (χ0) is 20.8. The van der Waals surface area contributed by atoms with Crippen LogP contribution in [0.5, 0.6) is 0 Å². The molecule has 3 aromatic rings. The number of benzene rings is 1. The molecule has 0 saturated carbocycles. The maximum Gasteiger partial charge on any atom is 0.236 e. The highest BCUT2D eigenvalue weighted by atomic mass is 32.2. The van der Waals surface area contributed by atoms with Crippen molar-refractivity contribution in [2.24, 2.45) is 7.05 Å². The maximum absolute atomic E-state index is 13.6. The first kappa shape index (κ1) is 20.9. The lowest BCUT2D eigenvalue weighted by Crippen LogP contribution is -2.18. The van der Waals surface area contributed by atoms with E-state index < -0.39 is 11.7 Å². The predicted octanol–water partition coefficient (Wildman–Crippen LogP) is 2.28. The van der Waals surface area contributed by atoms with Gasteiger partial charge in [-0.2, -0.15) is 0 Å².